The molecule has 0 aliphatic heterocycles. The van der Waals surface area contributed by atoms with Crippen LogP contribution in [-0.2, 0) is 6.42 Å². The molecule has 1 heterocycles. The summed E-state index contributed by atoms with van der Waals surface area (Å²) in [6.07, 6.45) is 5.17. The van der Waals surface area contributed by atoms with E-state index in [-0.39, 0.29) is 5.41 Å². The van der Waals surface area contributed by atoms with Crippen LogP contribution >= 0.6 is 11.3 Å². The van der Waals surface area contributed by atoms with Crippen LogP contribution in [0.2, 0.25) is 0 Å². The quantitative estimate of drug-likeness (QED) is 0.685. The van der Waals surface area contributed by atoms with Crippen LogP contribution in [0.25, 0.3) is 0 Å². The van der Waals surface area contributed by atoms with E-state index in [1.54, 1.807) is 11.3 Å². The summed E-state index contributed by atoms with van der Waals surface area (Å²) in [5.74, 6) is 0. The van der Waals surface area contributed by atoms with Crippen molar-refractivity contribution in [2.24, 2.45) is 11.1 Å². The predicted octanol–water partition coefficient (Wildman–Crippen LogP) is 2.04. The maximum absolute atomic E-state index is 5.86. The van der Waals surface area contributed by atoms with Gasteiger partial charge in [0.1, 0.15) is 0 Å². The van der Waals surface area contributed by atoms with E-state index < -0.39 is 0 Å². The van der Waals surface area contributed by atoms with Crippen molar-refractivity contribution in [3.05, 3.63) is 16.6 Å². The summed E-state index contributed by atoms with van der Waals surface area (Å²) in [5.41, 5.74) is 6.14. The molecule has 0 radical (unpaired) electrons. The van der Waals surface area contributed by atoms with Crippen molar-refractivity contribution in [1.29, 1.82) is 0 Å². The lowest BCUT2D eigenvalue weighted by Crippen LogP contribution is -2.40. The minimum Gasteiger partial charge on any atom is -0.330 e. The lowest BCUT2D eigenvalue weighted by molar-refractivity contribution is 0.260. The Morgan fingerprint density at radius 1 is 1.44 bits per heavy atom. The molecule has 0 atom stereocenters. The van der Waals surface area contributed by atoms with E-state index >= 15 is 0 Å². The Hall–Kier alpha value is -0.450. The molecule has 0 bridgehead atoms. The highest BCUT2D eigenvalue weighted by atomic mass is 32.1. The highest BCUT2D eigenvalue weighted by molar-refractivity contribution is 7.09. The number of nitrogens with two attached hydrogens (primary N) is 1. The van der Waals surface area contributed by atoms with Crippen LogP contribution in [0, 0.1) is 5.41 Å². The molecule has 0 aliphatic rings. The first kappa shape index (κ1) is 13.6. The highest BCUT2D eigenvalue weighted by Gasteiger charge is 2.23. The molecule has 4 heteroatoms. The molecule has 0 aliphatic carbocycles. The van der Waals surface area contributed by atoms with Gasteiger partial charge >= 0.3 is 0 Å². The maximum atomic E-state index is 5.86. The largest absolute Gasteiger partial charge is 0.330 e. The van der Waals surface area contributed by atoms with Crippen LogP contribution in [0.5, 0.6) is 0 Å². The van der Waals surface area contributed by atoms with Gasteiger partial charge in [-0.05, 0) is 24.8 Å². The maximum Gasteiger partial charge on any atom is 0.0937 e. The molecule has 1 aromatic heterocycles. The second kappa shape index (κ2) is 6.99. The van der Waals surface area contributed by atoms with Gasteiger partial charge in [-0.3, -0.25) is 0 Å². The van der Waals surface area contributed by atoms with Gasteiger partial charge in [-0.25, -0.2) is 4.98 Å². The average molecular weight is 241 g/mol. The molecular formula is C12H23N3S. The van der Waals surface area contributed by atoms with Gasteiger partial charge in [-0.15, -0.1) is 11.3 Å². The zero-order chi connectivity index (χ0) is 11.9. The Kier molecular flexibility index (Phi) is 5.95. The van der Waals surface area contributed by atoms with Crippen LogP contribution < -0.4 is 11.1 Å². The van der Waals surface area contributed by atoms with Gasteiger partial charge in [0.2, 0.25) is 0 Å². The molecule has 0 amide bonds. The molecule has 3 nitrogen and oxygen atoms in total. The number of thiazole rings is 1. The van der Waals surface area contributed by atoms with Crippen molar-refractivity contribution in [2.45, 2.75) is 33.1 Å². The van der Waals surface area contributed by atoms with E-state index in [9.17, 15) is 0 Å². The molecule has 0 saturated heterocycles. The fourth-order valence-electron chi connectivity index (χ4n) is 1.79. The SMILES string of the molecule is CCC(CC)(CN)CNCCc1nccs1. The molecule has 1 aromatic rings. The Balaban J connectivity index is 2.23. The summed E-state index contributed by atoms with van der Waals surface area (Å²) in [4.78, 5) is 4.26. The fraction of sp³-hybridized carbons (Fsp3) is 0.750. The molecule has 0 unspecified atom stereocenters. The number of aromatic nitrogens is 1. The summed E-state index contributed by atoms with van der Waals surface area (Å²) in [6, 6.07) is 0. The number of nitrogens with one attached hydrogen (secondary N) is 1. The van der Waals surface area contributed by atoms with Gasteiger partial charge in [0.15, 0.2) is 0 Å². The zero-order valence-corrected chi connectivity index (χ0v) is 11.1. The van der Waals surface area contributed by atoms with Gasteiger partial charge in [0, 0.05) is 31.1 Å². The van der Waals surface area contributed by atoms with Crippen molar-refractivity contribution in [2.75, 3.05) is 19.6 Å². The molecule has 92 valence electrons. The predicted molar refractivity (Wildman–Crippen MR) is 70.8 cm³/mol. The van der Waals surface area contributed by atoms with Crippen molar-refractivity contribution < 1.29 is 0 Å². The lowest BCUT2D eigenvalue weighted by Gasteiger charge is -2.30. The number of rotatable bonds is 8. The number of hydrogen-bond acceptors (Lipinski definition) is 4. The van der Waals surface area contributed by atoms with Gasteiger partial charge in [0.25, 0.3) is 0 Å². The monoisotopic (exact) mass is 241 g/mol. The van der Waals surface area contributed by atoms with Crippen molar-refractivity contribution in [3.8, 4) is 0 Å². The zero-order valence-electron chi connectivity index (χ0n) is 10.3. The van der Waals surface area contributed by atoms with Crippen LogP contribution in [0.3, 0.4) is 0 Å². The molecule has 0 aromatic carbocycles. The number of nitrogens with zero attached hydrogens (tertiary/aromatic N) is 1. The van der Waals surface area contributed by atoms with Crippen molar-refractivity contribution >= 4 is 11.3 Å². The minimum absolute atomic E-state index is 0.281. The van der Waals surface area contributed by atoms with E-state index in [0.29, 0.717) is 0 Å². The van der Waals surface area contributed by atoms with Crippen LogP contribution in [0.4, 0.5) is 0 Å². The Labute approximate surface area is 102 Å². The number of hydrogen-bond donors (Lipinski definition) is 2. The Morgan fingerprint density at radius 2 is 2.19 bits per heavy atom. The van der Waals surface area contributed by atoms with Crippen LogP contribution in [-0.4, -0.2) is 24.6 Å². The first-order chi connectivity index (χ1) is 7.76. The summed E-state index contributed by atoms with van der Waals surface area (Å²) in [6.45, 7) is 7.22. The normalized spacial score (nSPS) is 11.9. The third-order valence-electron chi connectivity index (χ3n) is 3.43. The topological polar surface area (TPSA) is 50.9 Å². The summed E-state index contributed by atoms with van der Waals surface area (Å²) in [7, 11) is 0. The van der Waals surface area contributed by atoms with E-state index in [1.165, 1.54) is 5.01 Å². The second-order valence-electron chi connectivity index (χ2n) is 4.26. The smallest absolute Gasteiger partial charge is 0.0937 e. The van der Waals surface area contributed by atoms with Crippen molar-refractivity contribution in [1.82, 2.24) is 10.3 Å². The van der Waals surface area contributed by atoms with E-state index in [4.69, 9.17) is 5.73 Å². The summed E-state index contributed by atoms with van der Waals surface area (Å²) >= 11 is 1.72. The highest BCUT2D eigenvalue weighted by Crippen LogP contribution is 2.23. The molecule has 3 N–H and O–H groups in total. The van der Waals surface area contributed by atoms with E-state index in [0.717, 1.165) is 38.9 Å². The summed E-state index contributed by atoms with van der Waals surface area (Å²) < 4.78 is 0. The van der Waals surface area contributed by atoms with Gasteiger partial charge in [0.05, 0.1) is 5.01 Å². The van der Waals surface area contributed by atoms with Crippen LogP contribution in [0.1, 0.15) is 31.7 Å². The molecule has 1 rings (SSSR count). The molecule has 16 heavy (non-hydrogen) atoms. The van der Waals surface area contributed by atoms with Crippen molar-refractivity contribution in [3.63, 3.8) is 0 Å². The Bertz CT molecular complexity index is 260. The molecule has 0 spiro atoms. The first-order valence-electron chi connectivity index (χ1n) is 6.05. The lowest BCUT2D eigenvalue weighted by atomic mass is 9.82. The first-order valence-corrected chi connectivity index (χ1v) is 6.93. The van der Waals surface area contributed by atoms with Gasteiger partial charge in [-0.1, -0.05) is 13.8 Å². The Morgan fingerprint density at radius 3 is 2.69 bits per heavy atom. The average Bonchev–Trinajstić information content (AvgIpc) is 2.83. The minimum atomic E-state index is 0.281. The second-order valence-corrected chi connectivity index (χ2v) is 5.24. The van der Waals surface area contributed by atoms with Gasteiger partial charge < -0.3 is 11.1 Å². The fourth-order valence-corrected chi connectivity index (χ4v) is 2.41. The molecule has 0 saturated carbocycles. The van der Waals surface area contributed by atoms with E-state index in [2.05, 4.69) is 24.1 Å². The molecule has 0 fully saturated rings. The van der Waals surface area contributed by atoms with Gasteiger partial charge in [-0.2, -0.15) is 0 Å². The third-order valence-corrected chi connectivity index (χ3v) is 4.27. The standard InChI is InChI=1S/C12H23N3S/c1-3-12(4-2,9-13)10-14-6-5-11-15-7-8-16-11/h7-8,14H,3-6,9-10,13H2,1-2H3. The molecular weight excluding hydrogens is 218 g/mol. The summed E-state index contributed by atoms with van der Waals surface area (Å²) in [5, 5.41) is 6.74. The van der Waals surface area contributed by atoms with E-state index in [1.807, 2.05) is 11.6 Å². The third kappa shape index (κ3) is 3.85. The van der Waals surface area contributed by atoms with Crippen LogP contribution in [0.15, 0.2) is 11.6 Å².